The van der Waals surface area contributed by atoms with Crippen LogP contribution in [-0.4, -0.2) is 29.9 Å². The maximum Gasteiger partial charge on any atom is 0.239 e. The van der Waals surface area contributed by atoms with Crippen molar-refractivity contribution in [2.45, 2.75) is 31.2 Å². The third-order valence-corrected chi connectivity index (χ3v) is 6.09. The lowest BCUT2D eigenvalue weighted by molar-refractivity contribution is -0.133. The predicted octanol–water partition coefficient (Wildman–Crippen LogP) is 5.49. The molecule has 1 amide bonds. The molecule has 1 unspecified atom stereocenters. The average molecular weight is 411 g/mol. The molecule has 0 radical (unpaired) electrons. The van der Waals surface area contributed by atoms with Crippen LogP contribution in [0.4, 0.5) is 0 Å². The molecule has 2 N–H and O–H groups in total. The van der Waals surface area contributed by atoms with Crippen molar-refractivity contribution >= 4 is 12.0 Å². The van der Waals surface area contributed by atoms with Crippen molar-refractivity contribution in [1.82, 2.24) is 4.90 Å². The number of piperidine rings is 1. The Labute approximate surface area is 185 Å². The van der Waals surface area contributed by atoms with Crippen molar-refractivity contribution < 1.29 is 4.79 Å². The summed E-state index contributed by atoms with van der Waals surface area (Å²) in [5, 5.41) is 0. The Bertz CT molecular complexity index is 1010. The Morgan fingerprint density at radius 1 is 0.903 bits per heavy atom. The van der Waals surface area contributed by atoms with Gasteiger partial charge < -0.3 is 10.6 Å². The van der Waals surface area contributed by atoms with Gasteiger partial charge in [-0.25, -0.2) is 0 Å². The molecule has 3 heteroatoms. The normalized spacial score (nSPS) is 15.8. The lowest BCUT2D eigenvalue weighted by Crippen LogP contribution is -2.46. The quantitative estimate of drug-likeness (QED) is 0.584. The lowest BCUT2D eigenvalue weighted by Gasteiger charge is -2.33. The SMILES string of the molecule is NC(CC=Cc1ccccc1)C(=O)N1CCC(c2cccc(-c3ccccc3)c2)CC1. The highest BCUT2D eigenvalue weighted by atomic mass is 16.2. The molecule has 0 spiro atoms. The molecule has 1 heterocycles. The van der Waals surface area contributed by atoms with Crippen LogP contribution in [0.5, 0.6) is 0 Å². The molecule has 1 aliphatic heterocycles. The maximum atomic E-state index is 12.8. The maximum absolute atomic E-state index is 12.8. The molecular weight excluding hydrogens is 380 g/mol. The number of nitrogens with zero attached hydrogens (tertiary/aromatic N) is 1. The molecule has 0 aromatic heterocycles. The summed E-state index contributed by atoms with van der Waals surface area (Å²) in [7, 11) is 0. The number of carbonyl (C=O) groups is 1. The summed E-state index contributed by atoms with van der Waals surface area (Å²) in [5.41, 5.74) is 11.2. The number of rotatable bonds is 6. The Morgan fingerprint density at radius 3 is 2.26 bits per heavy atom. The first-order valence-electron chi connectivity index (χ1n) is 11.1. The van der Waals surface area contributed by atoms with Gasteiger partial charge in [0.05, 0.1) is 6.04 Å². The van der Waals surface area contributed by atoms with Gasteiger partial charge in [-0.05, 0) is 47.4 Å². The van der Waals surface area contributed by atoms with Crippen LogP contribution in [0.2, 0.25) is 0 Å². The van der Waals surface area contributed by atoms with Gasteiger partial charge in [-0.1, -0.05) is 97.1 Å². The number of hydrogen-bond acceptors (Lipinski definition) is 2. The number of amides is 1. The van der Waals surface area contributed by atoms with E-state index in [2.05, 4.69) is 48.5 Å². The Balaban J connectivity index is 1.31. The van der Waals surface area contributed by atoms with Gasteiger partial charge >= 0.3 is 0 Å². The van der Waals surface area contributed by atoms with E-state index in [1.54, 1.807) is 0 Å². The zero-order valence-corrected chi connectivity index (χ0v) is 17.9. The third-order valence-electron chi connectivity index (χ3n) is 6.09. The smallest absolute Gasteiger partial charge is 0.239 e. The lowest BCUT2D eigenvalue weighted by atomic mass is 9.87. The van der Waals surface area contributed by atoms with Gasteiger partial charge in [-0.15, -0.1) is 0 Å². The summed E-state index contributed by atoms with van der Waals surface area (Å²) in [6.45, 7) is 1.55. The number of nitrogens with two attached hydrogens (primary N) is 1. The van der Waals surface area contributed by atoms with Gasteiger partial charge in [0.1, 0.15) is 0 Å². The van der Waals surface area contributed by atoms with E-state index >= 15 is 0 Å². The topological polar surface area (TPSA) is 46.3 Å². The Kier molecular flexibility index (Phi) is 6.96. The highest BCUT2D eigenvalue weighted by Gasteiger charge is 2.26. The van der Waals surface area contributed by atoms with E-state index in [-0.39, 0.29) is 5.91 Å². The zero-order chi connectivity index (χ0) is 21.5. The Morgan fingerprint density at radius 2 is 1.55 bits per heavy atom. The van der Waals surface area contributed by atoms with E-state index in [4.69, 9.17) is 5.73 Å². The molecule has 31 heavy (non-hydrogen) atoms. The van der Waals surface area contributed by atoms with E-state index in [0.717, 1.165) is 31.5 Å². The first-order valence-corrected chi connectivity index (χ1v) is 11.1. The number of carbonyl (C=O) groups excluding carboxylic acids is 1. The van der Waals surface area contributed by atoms with Gasteiger partial charge in [-0.3, -0.25) is 4.79 Å². The molecular formula is C28H30N2O. The van der Waals surface area contributed by atoms with E-state index in [9.17, 15) is 4.79 Å². The molecule has 1 aliphatic rings. The number of hydrogen-bond donors (Lipinski definition) is 1. The van der Waals surface area contributed by atoms with Crippen molar-refractivity contribution in [3.8, 4) is 11.1 Å². The highest BCUT2D eigenvalue weighted by Crippen LogP contribution is 2.31. The summed E-state index contributed by atoms with van der Waals surface area (Å²) in [6, 6.07) is 28.9. The fourth-order valence-corrected chi connectivity index (χ4v) is 4.29. The van der Waals surface area contributed by atoms with Crippen molar-refractivity contribution in [3.63, 3.8) is 0 Å². The average Bonchev–Trinajstić information content (AvgIpc) is 2.85. The van der Waals surface area contributed by atoms with Gasteiger partial charge in [0.25, 0.3) is 0 Å². The zero-order valence-electron chi connectivity index (χ0n) is 17.9. The molecule has 1 fully saturated rings. The molecule has 4 rings (SSSR count). The van der Waals surface area contributed by atoms with Crippen molar-refractivity contribution in [1.29, 1.82) is 0 Å². The number of likely N-dealkylation sites (tertiary alicyclic amines) is 1. The molecule has 3 aromatic rings. The van der Waals surface area contributed by atoms with Crippen LogP contribution >= 0.6 is 0 Å². The Hall–Kier alpha value is -3.17. The van der Waals surface area contributed by atoms with Gasteiger partial charge in [0.15, 0.2) is 0 Å². The summed E-state index contributed by atoms with van der Waals surface area (Å²) >= 11 is 0. The standard InChI is InChI=1S/C28H30N2O/c29-27(16-7-11-22-9-3-1-4-10-22)28(31)30-19-17-24(18-20-30)26-15-8-14-25(21-26)23-12-5-2-6-13-23/h1-15,21,24,27H,16-20,29H2. The second-order valence-corrected chi connectivity index (χ2v) is 8.25. The van der Waals surface area contributed by atoms with Crippen molar-refractivity contribution in [2.75, 3.05) is 13.1 Å². The third kappa shape index (κ3) is 5.50. The van der Waals surface area contributed by atoms with Crippen LogP contribution in [0.25, 0.3) is 17.2 Å². The summed E-state index contributed by atoms with van der Waals surface area (Å²) < 4.78 is 0. The summed E-state index contributed by atoms with van der Waals surface area (Å²) in [5.74, 6) is 0.552. The second-order valence-electron chi connectivity index (χ2n) is 8.25. The molecule has 0 saturated carbocycles. The molecule has 1 atom stereocenters. The molecule has 3 nitrogen and oxygen atoms in total. The summed E-state index contributed by atoms with van der Waals surface area (Å²) in [4.78, 5) is 14.7. The molecule has 3 aromatic carbocycles. The highest BCUT2D eigenvalue weighted by molar-refractivity contribution is 5.82. The molecule has 0 aliphatic carbocycles. The van der Waals surface area contributed by atoms with Crippen LogP contribution < -0.4 is 5.73 Å². The fraction of sp³-hybridized carbons (Fsp3) is 0.250. The number of benzene rings is 3. The van der Waals surface area contributed by atoms with Crippen LogP contribution in [0, 0.1) is 0 Å². The van der Waals surface area contributed by atoms with Crippen LogP contribution in [0.3, 0.4) is 0 Å². The van der Waals surface area contributed by atoms with Crippen LogP contribution in [0.15, 0.2) is 91.0 Å². The fourth-order valence-electron chi connectivity index (χ4n) is 4.29. The largest absolute Gasteiger partial charge is 0.341 e. The summed E-state index contributed by atoms with van der Waals surface area (Å²) in [6.07, 6.45) is 6.55. The van der Waals surface area contributed by atoms with Gasteiger partial charge in [0.2, 0.25) is 5.91 Å². The minimum atomic E-state index is -0.474. The van der Waals surface area contributed by atoms with Crippen LogP contribution in [0.1, 0.15) is 36.3 Å². The second kappa shape index (κ2) is 10.2. The minimum absolute atomic E-state index is 0.0641. The molecule has 1 saturated heterocycles. The molecule has 0 bridgehead atoms. The van der Waals surface area contributed by atoms with Crippen LogP contribution in [-0.2, 0) is 4.79 Å². The van der Waals surface area contributed by atoms with Crippen molar-refractivity contribution in [2.24, 2.45) is 5.73 Å². The molecule has 158 valence electrons. The van der Waals surface area contributed by atoms with E-state index < -0.39 is 6.04 Å². The minimum Gasteiger partial charge on any atom is -0.341 e. The van der Waals surface area contributed by atoms with E-state index in [1.807, 2.05) is 53.5 Å². The van der Waals surface area contributed by atoms with E-state index in [0.29, 0.717) is 12.3 Å². The van der Waals surface area contributed by atoms with Crippen molar-refractivity contribution in [3.05, 3.63) is 102 Å². The first-order chi connectivity index (χ1) is 15.2. The van der Waals surface area contributed by atoms with Gasteiger partial charge in [0, 0.05) is 13.1 Å². The predicted molar refractivity (Wildman–Crippen MR) is 129 cm³/mol. The van der Waals surface area contributed by atoms with Gasteiger partial charge in [-0.2, -0.15) is 0 Å². The first kappa shape index (κ1) is 21.1. The monoisotopic (exact) mass is 410 g/mol. The van der Waals surface area contributed by atoms with E-state index in [1.165, 1.54) is 16.7 Å².